The Morgan fingerprint density at radius 3 is 2.92 bits per heavy atom. The molecule has 1 aromatic carbocycles. The van der Waals surface area contributed by atoms with Gasteiger partial charge in [-0.1, -0.05) is 24.3 Å². The summed E-state index contributed by atoms with van der Waals surface area (Å²) in [5.41, 5.74) is 2.72. The van der Waals surface area contributed by atoms with Crippen LogP contribution in [0.2, 0.25) is 0 Å². The molecule has 0 aliphatic carbocycles. The van der Waals surface area contributed by atoms with Crippen molar-refractivity contribution in [2.24, 2.45) is 5.92 Å². The van der Waals surface area contributed by atoms with Gasteiger partial charge in [0.1, 0.15) is 0 Å². The molecule has 2 aromatic heterocycles. The highest BCUT2D eigenvalue weighted by Crippen LogP contribution is 2.28. The van der Waals surface area contributed by atoms with E-state index in [0.717, 1.165) is 36.6 Å². The van der Waals surface area contributed by atoms with Gasteiger partial charge in [-0.3, -0.25) is 9.89 Å². The van der Waals surface area contributed by atoms with E-state index in [-0.39, 0.29) is 5.91 Å². The molecule has 5 nitrogen and oxygen atoms in total. The predicted molar refractivity (Wildman–Crippen MR) is 106 cm³/mol. The van der Waals surface area contributed by atoms with Gasteiger partial charge in [0, 0.05) is 32.4 Å². The van der Waals surface area contributed by atoms with E-state index in [1.54, 1.807) is 17.5 Å². The predicted octanol–water partition coefficient (Wildman–Crippen LogP) is 3.74. The number of rotatable bonds is 5. The molecule has 0 saturated carbocycles. The zero-order valence-electron chi connectivity index (χ0n) is 14.8. The molecule has 0 bridgehead atoms. The second kappa shape index (κ2) is 7.33. The first-order valence-electron chi connectivity index (χ1n) is 8.85. The topological polar surface area (TPSA) is 52.2 Å². The number of hydrogen-bond acceptors (Lipinski definition) is 4. The zero-order chi connectivity index (χ0) is 17.9. The summed E-state index contributed by atoms with van der Waals surface area (Å²) in [6.07, 6.45) is 2.74. The van der Waals surface area contributed by atoms with Gasteiger partial charge < -0.3 is 9.80 Å². The Bertz CT molecular complexity index is 859. The molecule has 0 radical (unpaired) electrons. The maximum atomic E-state index is 12.9. The lowest BCUT2D eigenvalue weighted by atomic mass is 10.1. The van der Waals surface area contributed by atoms with Crippen molar-refractivity contribution in [1.82, 2.24) is 15.1 Å². The number of carbonyl (C=O) groups excluding carboxylic acids is 1. The standard InChI is InChI=1S/C20H22N4OS/c1-23(13-15-9-10-24(14-15)16-6-3-2-4-7-16)20(25)17-12-21-22-19(17)18-8-5-11-26-18/h2-8,11-12,15H,9-10,13-14H2,1H3,(H,21,22)/t15-/m0/s1. The van der Waals surface area contributed by atoms with Gasteiger partial charge in [0.15, 0.2) is 0 Å². The van der Waals surface area contributed by atoms with Crippen LogP contribution in [0.1, 0.15) is 16.8 Å². The van der Waals surface area contributed by atoms with Crippen molar-refractivity contribution in [1.29, 1.82) is 0 Å². The number of para-hydroxylation sites is 1. The number of amides is 1. The average Bonchev–Trinajstić information content (AvgIpc) is 3.42. The molecule has 3 aromatic rings. The van der Waals surface area contributed by atoms with E-state index < -0.39 is 0 Å². The number of H-pyrrole nitrogens is 1. The van der Waals surface area contributed by atoms with Gasteiger partial charge in [0.25, 0.3) is 5.91 Å². The molecule has 1 aliphatic heterocycles. The van der Waals surface area contributed by atoms with Crippen LogP contribution in [0.4, 0.5) is 5.69 Å². The summed E-state index contributed by atoms with van der Waals surface area (Å²) in [5, 5.41) is 9.07. The molecule has 4 rings (SSSR count). The highest BCUT2D eigenvalue weighted by Gasteiger charge is 2.27. The second-order valence-corrected chi connectivity index (χ2v) is 7.71. The molecule has 1 aliphatic rings. The van der Waals surface area contributed by atoms with Crippen molar-refractivity contribution in [2.75, 3.05) is 31.6 Å². The fourth-order valence-corrected chi connectivity index (χ4v) is 4.32. The second-order valence-electron chi connectivity index (χ2n) is 6.76. The smallest absolute Gasteiger partial charge is 0.257 e. The minimum atomic E-state index is 0.0281. The van der Waals surface area contributed by atoms with E-state index in [1.165, 1.54) is 5.69 Å². The largest absolute Gasteiger partial charge is 0.371 e. The summed E-state index contributed by atoms with van der Waals surface area (Å²) in [5.74, 6) is 0.515. The molecule has 1 N–H and O–H groups in total. The number of anilines is 1. The maximum absolute atomic E-state index is 12.9. The lowest BCUT2D eigenvalue weighted by Gasteiger charge is -2.22. The first-order chi connectivity index (χ1) is 12.7. The quantitative estimate of drug-likeness (QED) is 0.748. The van der Waals surface area contributed by atoms with Crippen LogP contribution >= 0.6 is 11.3 Å². The van der Waals surface area contributed by atoms with E-state index in [1.807, 2.05) is 35.5 Å². The molecular weight excluding hydrogens is 344 g/mol. The normalized spacial score (nSPS) is 16.8. The van der Waals surface area contributed by atoms with Crippen LogP contribution in [0, 0.1) is 5.92 Å². The number of carbonyl (C=O) groups is 1. The maximum Gasteiger partial charge on any atom is 0.257 e. The van der Waals surface area contributed by atoms with Crippen molar-refractivity contribution in [3.63, 3.8) is 0 Å². The molecule has 26 heavy (non-hydrogen) atoms. The third kappa shape index (κ3) is 3.37. The van der Waals surface area contributed by atoms with Crippen LogP contribution in [0.15, 0.2) is 54.0 Å². The number of thiophene rings is 1. The van der Waals surface area contributed by atoms with Crippen LogP contribution in [0.3, 0.4) is 0 Å². The van der Waals surface area contributed by atoms with Gasteiger partial charge in [-0.05, 0) is 35.9 Å². The first kappa shape index (κ1) is 16.8. The van der Waals surface area contributed by atoms with Crippen molar-refractivity contribution >= 4 is 22.9 Å². The molecule has 1 saturated heterocycles. The van der Waals surface area contributed by atoms with Crippen LogP contribution in [-0.2, 0) is 0 Å². The molecular formula is C20H22N4OS. The SMILES string of the molecule is CN(C[C@@H]1CCN(c2ccccc2)C1)C(=O)c1cn[nH]c1-c1cccs1. The molecule has 0 unspecified atom stereocenters. The minimum Gasteiger partial charge on any atom is -0.371 e. The van der Waals surface area contributed by atoms with Gasteiger partial charge in [0.2, 0.25) is 0 Å². The summed E-state index contributed by atoms with van der Waals surface area (Å²) in [4.78, 5) is 18.2. The Morgan fingerprint density at radius 2 is 2.15 bits per heavy atom. The van der Waals surface area contributed by atoms with Crippen LogP contribution in [-0.4, -0.2) is 47.7 Å². The van der Waals surface area contributed by atoms with Crippen molar-refractivity contribution in [3.05, 3.63) is 59.6 Å². The molecule has 1 fully saturated rings. The summed E-state index contributed by atoms with van der Waals surface area (Å²) < 4.78 is 0. The Hall–Kier alpha value is -2.60. The highest BCUT2D eigenvalue weighted by molar-refractivity contribution is 7.13. The highest BCUT2D eigenvalue weighted by atomic mass is 32.1. The Balaban J connectivity index is 1.41. The average molecular weight is 366 g/mol. The Kier molecular flexibility index (Phi) is 4.75. The third-order valence-electron chi connectivity index (χ3n) is 4.92. The first-order valence-corrected chi connectivity index (χ1v) is 9.73. The number of aromatic nitrogens is 2. The van der Waals surface area contributed by atoms with E-state index in [0.29, 0.717) is 11.5 Å². The fraction of sp³-hybridized carbons (Fsp3) is 0.300. The summed E-state index contributed by atoms with van der Waals surface area (Å²) >= 11 is 1.61. The van der Waals surface area contributed by atoms with E-state index >= 15 is 0 Å². The van der Waals surface area contributed by atoms with Crippen molar-refractivity contribution in [3.8, 4) is 10.6 Å². The molecule has 0 spiro atoms. The summed E-state index contributed by atoms with van der Waals surface area (Å²) in [6, 6.07) is 14.5. The molecule has 134 valence electrons. The van der Waals surface area contributed by atoms with E-state index in [9.17, 15) is 4.79 Å². The molecule has 6 heteroatoms. The van der Waals surface area contributed by atoms with Gasteiger partial charge >= 0.3 is 0 Å². The molecule has 3 heterocycles. The molecule has 1 atom stereocenters. The van der Waals surface area contributed by atoms with E-state index in [2.05, 4.69) is 39.4 Å². The fourth-order valence-electron chi connectivity index (χ4n) is 3.59. The van der Waals surface area contributed by atoms with Gasteiger partial charge in [-0.2, -0.15) is 5.10 Å². The number of nitrogens with zero attached hydrogens (tertiary/aromatic N) is 3. The minimum absolute atomic E-state index is 0.0281. The zero-order valence-corrected chi connectivity index (χ0v) is 15.6. The van der Waals surface area contributed by atoms with Crippen LogP contribution in [0.25, 0.3) is 10.6 Å². The number of nitrogens with one attached hydrogen (secondary N) is 1. The third-order valence-corrected chi connectivity index (χ3v) is 5.81. The lowest BCUT2D eigenvalue weighted by molar-refractivity contribution is 0.0777. The van der Waals surface area contributed by atoms with E-state index in [4.69, 9.17) is 0 Å². The number of hydrogen-bond donors (Lipinski definition) is 1. The van der Waals surface area contributed by atoms with Gasteiger partial charge in [0.05, 0.1) is 22.3 Å². The van der Waals surface area contributed by atoms with Crippen LogP contribution < -0.4 is 4.90 Å². The lowest BCUT2D eigenvalue weighted by Crippen LogP contribution is -2.33. The van der Waals surface area contributed by atoms with Crippen molar-refractivity contribution in [2.45, 2.75) is 6.42 Å². The number of benzene rings is 1. The number of aromatic amines is 1. The summed E-state index contributed by atoms with van der Waals surface area (Å²) in [7, 11) is 1.89. The van der Waals surface area contributed by atoms with Gasteiger partial charge in [-0.15, -0.1) is 11.3 Å². The van der Waals surface area contributed by atoms with Crippen LogP contribution in [0.5, 0.6) is 0 Å². The Labute approximate surface area is 157 Å². The Morgan fingerprint density at radius 1 is 1.31 bits per heavy atom. The van der Waals surface area contributed by atoms with Crippen molar-refractivity contribution < 1.29 is 4.79 Å². The summed E-state index contributed by atoms with van der Waals surface area (Å²) in [6.45, 7) is 2.80. The monoisotopic (exact) mass is 366 g/mol. The molecule has 1 amide bonds. The van der Waals surface area contributed by atoms with Gasteiger partial charge in [-0.25, -0.2) is 0 Å².